The third kappa shape index (κ3) is 4.07. The van der Waals surface area contributed by atoms with Crippen molar-refractivity contribution in [1.29, 1.82) is 0 Å². The fourth-order valence-electron chi connectivity index (χ4n) is 3.18. The molecule has 0 bridgehead atoms. The van der Waals surface area contributed by atoms with Crippen LogP contribution < -0.4 is 5.56 Å². The lowest BCUT2D eigenvalue weighted by Crippen LogP contribution is -2.39. The molecule has 1 aromatic heterocycles. The second-order valence-corrected chi connectivity index (χ2v) is 8.56. The number of thioether (sulfide) groups is 1. The topological polar surface area (TPSA) is 55.2 Å². The largest absolute Gasteiger partial charge is 0.342 e. The van der Waals surface area contributed by atoms with E-state index in [1.165, 1.54) is 11.8 Å². The second kappa shape index (κ2) is 8.01. The van der Waals surface area contributed by atoms with Crippen molar-refractivity contribution < 1.29 is 4.79 Å². The van der Waals surface area contributed by atoms with Crippen LogP contribution in [0.15, 0.2) is 28.2 Å². The minimum Gasteiger partial charge on any atom is -0.342 e. The van der Waals surface area contributed by atoms with Crippen LogP contribution in [0.3, 0.4) is 0 Å². The van der Waals surface area contributed by atoms with Gasteiger partial charge in [-0.25, -0.2) is 4.98 Å². The number of nitrogens with zero attached hydrogens (tertiary/aromatic N) is 3. The second-order valence-electron chi connectivity index (χ2n) is 7.18. The van der Waals surface area contributed by atoms with Gasteiger partial charge in [-0.15, -0.1) is 0 Å². The third-order valence-corrected chi connectivity index (χ3v) is 5.98. The Bertz CT molecular complexity index is 873. The molecule has 2 heterocycles. The van der Waals surface area contributed by atoms with Gasteiger partial charge in [0.05, 0.1) is 16.7 Å². The Balaban J connectivity index is 1.85. The lowest BCUT2D eigenvalue weighted by molar-refractivity contribution is -0.129. The molecule has 1 fully saturated rings. The van der Waals surface area contributed by atoms with Gasteiger partial charge in [0.25, 0.3) is 5.56 Å². The molecule has 140 valence electrons. The zero-order valence-electron chi connectivity index (χ0n) is 15.4. The minimum absolute atomic E-state index is 0.0384. The molecule has 5 nitrogen and oxygen atoms in total. The molecule has 1 saturated heterocycles. The van der Waals surface area contributed by atoms with Gasteiger partial charge in [0, 0.05) is 24.2 Å². The van der Waals surface area contributed by atoms with Crippen molar-refractivity contribution in [3.8, 4) is 0 Å². The number of rotatable bonds is 4. The number of amides is 1. The van der Waals surface area contributed by atoms with Gasteiger partial charge in [0.2, 0.25) is 5.91 Å². The van der Waals surface area contributed by atoms with Crippen LogP contribution >= 0.6 is 23.4 Å². The lowest BCUT2D eigenvalue weighted by Gasteiger charge is -2.30. The van der Waals surface area contributed by atoms with E-state index in [1.54, 1.807) is 22.8 Å². The first-order chi connectivity index (χ1) is 12.4. The molecule has 3 rings (SSSR count). The van der Waals surface area contributed by atoms with Gasteiger partial charge in [-0.2, -0.15) is 0 Å². The fraction of sp³-hybridized carbons (Fsp3) is 0.526. The molecule has 1 aromatic carbocycles. The first kappa shape index (κ1) is 19.2. The van der Waals surface area contributed by atoms with Crippen LogP contribution in [-0.4, -0.2) is 39.2 Å². The molecular formula is C19H24ClN3O2S. The van der Waals surface area contributed by atoms with Gasteiger partial charge in [0.15, 0.2) is 5.16 Å². The van der Waals surface area contributed by atoms with Gasteiger partial charge < -0.3 is 4.90 Å². The molecule has 26 heavy (non-hydrogen) atoms. The highest BCUT2D eigenvalue weighted by Crippen LogP contribution is 2.24. The summed E-state index contributed by atoms with van der Waals surface area (Å²) in [5.41, 5.74) is 0.476. The van der Waals surface area contributed by atoms with Gasteiger partial charge in [-0.05, 0) is 50.8 Å². The standard InChI is InChI=1S/C19H24ClN3O2S/c1-12(2)23-18(25)15-5-4-14(20)10-16(15)21-19(23)26-11-17(24)22-8-6-13(3)7-9-22/h4-5,10,12-13H,6-9,11H2,1-3H3. The molecule has 7 heteroatoms. The van der Waals surface area contributed by atoms with Crippen molar-refractivity contribution in [3.63, 3.8) is 0 Å². The van der Waals surface area contributed by atoms with Crippen molar-refractivity contribution in [1.82, 2.24) is 14.5 Å². The smallest absolute Gasteiger partial charge is 0.262 e. The van der Waals surface area contributed by atoms with Crippen molar-refractivity contribution in [2.45, 2.75) is 44.8 Å². The molecular weight excluding hydrogens is 370 g/mol. The molecule has 0 N–H and O–H groups in total. The first-order valence-electron chi connectivity index (χ1n) is 8.99. The average Bonchev–Trinajstić information content (AvgIpc) is 2.59. The number of hydrogen-bond acceptors (Lipinski definition) is 4. The Labute approximate surface area is 162 Å². The van der Waals surface area contributed by atoms with Crippen LogP contribution in [-0.2, 0) is 4.79 Å². The summed E-state index contributed by atoms with van der Waals surface area (Å²) in [4.78, 5) is 31.9. The molecule has 2 aromatic rings. The van der Waals surface area contributed by atoms with E-state index >= 15 is 0 Å². The van der Waals surface area contributed by atoms with Crippen molar-refractivity contribution >= 4 is 40.2 Å². The summed E-state index contributed by atoms with van der Waals surface area (Å²) >= 11 is 7.38. The molecule has 1 aliphatic heterocycles. The Morgan fingerprint density at radius 1 is 1.35 bits per heavy atom. The van der Waals surface area contributed by atoms with Crippen molar-refractivity contribution in [2.75, 3.05) is 18.8 Å². The predicted molar refractivity (Wildman–Crippen MR) is 107 cm³/mol. The number of piperidine rings is 1. The molecule has 1 aliphatic rings. The van der Waals surface area contributed by atoms with Gasteiger partial charge in [0.1, 0.15) is 0 Å². The zero-order chi connectivity index (χ0) is 18.8. The average molecular weight is 394 g/mol. The highest BCUT2D eigenvalue weighted by atomic mass is 35.5. The van der Waals surface area contributed by atoms with E-state index < -0.39 is 0 Å². The van der Waals surface area contributed by atoms with E-state index in [0.29, 0.717) is 32.8 Å². The lowest BCUT2D eigenvalue weighted by atomic mass is 9.99. The molecule has 0 saturated carbocycles. The highest BCUT2D eigenvalue weighted by molar-refractivity contribution is 7.99. The summed E-state index contributed by atoms with van der Waals surface area (Å²) in [6.07, 6.45) is 2.11. The van der Waals surface area contributed by atoms with Crippen LogP contribution in [0.5, 0.6) is 0 Å². The normalized spacial score (nSPS) is 15.8. The first-order valence-corrected chi connectivity index (χ1v) is 10.4. The molecule has 0 atom stereocenters. The van der Waals surface area contributed by atoms with E-state index in [0.717, 1.165) is 25.9 Å². The molecule has 0 unspecified atom stereocenters. The van der Waals surface area contributed by atoms with E-state index in [-0.39, 0.29) is 17.5 Å². The van der Waals surface area contributed by atoms with Gasteiger partial charge >= 0.3 is 0 Å². The number of hydrogen-bond donors (Lipinski definition) is 0. The van der Waals surface area contributed by atoms with Gasteiger partial charge in [-0.3, -0.25) is 14.2 Å². The summed E-state index contributed by atoms with van der Waals surface area (Å²) in [6, 6.07) is 5.07. The quantitative estimate of drug-likeness (QED) is 0.582. The van der Waals surface area contributed by atoms with Crippen molar-refractivity contribution in [2.24, 2.45) is 5.92 Å². The zero-order valence-corrected chi connectivity index (χ0v) is 16.9. The number of carbonyl (C=O) groups is 1. The molecule has 0 aliphatic carbocycles. The maximum Gasteiger partial charge on any atom is 0.262 e. The Morgan fingerprint density at radius 2 is 2.04 bits per heavy atom. The fourth-order valence-corrected chi connectivity index (χ4v) is 4.38. The number of benzene rings is 1. The molecule has 1 amide bonds. The Hall–Kier alpha value is -1.53. The van der Waals surface area contributed by atoms with E-state index in [9.17, 15) is 9.59 Å². The number of carbonyl (C=O) groups excluding carboxylic acids is 1. The van der Waals surface area contributed by atoms with E-state index in [1.807, 2.05) is 18.7 Å². The summed E-state index contributed by atoms with van der Waals surface area (Å²) in [6.45, 7) is 7.75. The number of aromatic nitrogens is 2. The Kier molecular flexibility index (Phi) is 5.92. The predicted octanol–water partition coefficient (Wildman–Crippen LogP) is 3.98. The van der Waals surface area contributed by atoms with Crippen LogP contribution in [0, 0.1) is 5.92 Å². The van der Waals surface area contributed by atoms with Crippen LogP contribution in [0.1, 0.15) is 39.7 Å². The SMILES string of the molecule is CC1CCN(C(=O)CSc2nc3cc(Cl)ccc3c(=O)n2C(C)C)CC1. The van der Waals surface area contributed by atoms with E-state index in [2.05, 4.69) is 11.9 Å². The maximum atomic E-state index is 12.9. The Morgan fingerprint density at radius 3 is 2.69 bits per heavy atom. The van der Waals surface area contributed by atoms with E-state index in [4.69, 9.17) is 11.6 Å². The summed E-state index contributed by atoms with van der Waals surface area (Å²) in [7, 11) is 0. The molecule has 0 spiro atoms. The third-order valence-electron chi connectivity index (χ3n) is 4.81. The summed E-state index contributed by atoms with van der Waals surface area (Å²) in [5, 5.41) is 1.66. The van der Waals surface area contributed by atoms with Gasteiger partial charge in [-0.1, -0.05) is 30.3 Å². The van der Waals surface area contributed by atoms with Crippen LogP contribution in [0.2, 0.25) is 5.02 Å². The highest BCUT2D eigenvalue weighted by Gasteiger charge is 2.21. The number of likely N-dealkylation sites (tertiary alicyclic amines) is 1. The number of fused-ring (bicyclic) bond motifs is 1. The summed E-state index contributed by atoms with van der Waals surface area (Å²) < 4.78 is 1.66. The molecule has 0 radical (unpaired) electrons. The number of halogens is 1. The monoisotopic (exact) mass is 393 g/mol. The summed E-state index contributed by atoms with van der Waals surface area (Å²) in [5.74, 6) is 1.09. The van der Waals surface area contributed by atoms with Crippen LogP contribution in [0.4, 0.5) is 0 Å². The minimum atomic E-state index is -0.0941. The maximum absolute atomic E-state index is 12.9. The van der Waals surface area contributed by atoms with Crippen molar-refractivity contribution in [3.05, 3.63) is 33.6 Å². The van der Waals surface area contributed by atoms with Crippen LogP contribution in [0.25, 0.3) is 10.9 Å².